The number of benzene rings is 1. The van der Waals surface area contributed by atoms with Gasteiger partial charge in [-0.1, -0.05) is 6.07 Å². The summed E-state index contributed by atoms with van der Waals surface area (Å²) in [4.78, 5) is 19.2. The smallest absolute Gasteiger partial charge is 0.417 e. The molecular weight excluding hydrogens is 423 g/mol. The van der Waals surface area contributed by atoms with E-state index in [1.54, 1.807) is 29.2 Å². The van der Waals surface area contributed by atoms with Gasteiger partial charge in [-0.3, -0.25) is 9.89 Å². The molecule has 10 heteroatoms. The number of nitrogens with zero attached hydrogens (tertiary/aromatic N) is 3. The number of alkyl halides is 3. The number of hydrogen-bond acceptors (Lipinski definition) is 5. The Hall–Kier alpha value is -3.30. The first-order chi connectivity index (χ1) is 15.2. The number of hydrogen-bond donors (Lipinski definition) is 2. The van der Waals surface area contributed by atoms with Crippen molar-refractivity contribution >= 4 is 22.8 Å². The number of H-pyrrole nitrogens is 1. The number of anilines is 1. The number of pyridine rings is 1. The van der Waals surface area contributed by atoms with Crippen molar-refractivity contribution in [3.8, 4) is 5.75 Å². The van der Waals surface area contributed by atoms with Crippen molar-refractivity contribution in [3.63, 3.8) is 0 Å². The molecular formula is C22H24F3N5O2. The Bertz CT molecular complexity index is 1140. The largest absolute Gasteiger partial charge is 0.497 e. The van der Waals surface area contributed by atoms with Gasteiger partial charge in [0, 0.05) is 18.2 Å². The number of aromatic amines is 1. The summed E-state index contributed by atoms with van der Waals surface area (Å²) in [6.45, 7) is 4.07. The minimum absolute atomic E-state index is 0.0404. The number of ether oxygens (including phenoxy) is 1. The summed E-state index contributed by atoms with van der Waals surface area (Å²) in [7, 11) is 1.51. The van der Waals surface area contributed by atoms with Crippen molar-refractivity contribution in [3.05, 3.63) is 47.2 Å². The molecule has 3 aromatic rings. The third-order valence-corrected chi connectivity index (χ3v) is 5.45. The Labute approximate surface area is 183 Å². The molecule has 1 aromatic carbocycles. The Balaban J connectivity index is 1.76. The van der Waals surface area contributed by atoms with Crippen LogP contribution in [-0.2, 0) is 6.18 Å². The zero-order valence-corrected chi connectivity index (χ0v) is 18.0. The maximum Gasteiger partial charge on any atom is 0.417 e. The summed E-state index contributed by atoms with van der Waals surface area (Å²) in [5, 5.41) is 9.45. The van der Waals surface area contributed by atoms with Crippen molar-refractivity contribution < 1.29 is 22.7 Å². The van der Waals surface area contributed by atoms with E-state index >= 15 is 0 Å². The molecule has 1 fully saturated rings. The molecule has 1 aliphatic heterocycles. The highest BCUT2D eigenvalue weighted by atomic mass is 19.4. The standard InChI is InChI=1S/C22H24F3N5O2/c1-12(2)26-19-18-15(22(23,24)25)11-16(27-20(18)29-28-19)17-8-5-9-30(17)21(31)13-6-4-7-14(10-13)32-3/h4,6-7,10-12,17H,5,8-9H2,1-3H3,(H2,26,27,28,29)/t17-/m0/s1. The second kappa shape index (κ2) is 8.33. The van der Waals surface area contributed by atoms with Gasteiger partial charge in [0.25, 0.3) is 5.91 Å². The van der Waals surface area contributed by atoms with Crippen LogP contribution < -0.4 is 10.1 Å². The maximum absolute atomic E-state index is 14.0. The fourth-order valence-corrected chi connectivity index (χ4v) is 4.06. The molecule has 2 N–H and O–H groups in total. The summed E-state index contributed by atoms with van der Waals surface area (Å²) in [6.07, 6.45) is -3.41. The molecule has 0 saturated carbocycles. The second-order valence-electron chi connectivity index (χ2n) is 8.08. The first kappa shape index (κ1) is 21.9. The lowest BCUT2D eigenvalue weighted by atomic mass is 10.0. The zero-order chi connectivity index (χ0) is 23.0. The lowest BCUT2D eigenvalue weighted by Crippen LogP contribution is -2.31. The van der Waals surface area contributed by atoms with E-state index in [2.05, 4.69) is 20.5 Å². The van der Waals surface area contributed by atoms with E-state index in [9.17, 15) is 18.0 Å². The van der Waals surface area contributed by atoms with E-state index in [0.717, 1.165) is 6.07 Å². The first-order valence-corrected chi connectivity index (χ1v) is 10.4. The van der Waals surface area contributed by atoms with Crippen LogP contribution in [0.25, 0.3) is 11.0 Å². The summed E-state index contributed by atoms with van der Waals surface area (Å²) in [5.41, 5.74) is -0.176. The predicted octanol–water partition coefficient (Wildman–Crippen LogP) is 4.78. The van der Waals surface area contributed by atoms with Crippen molar-refractivity contribution in [2.45, 2.75) is 44.9 Å². The molecule has 1 aliphatic rings. The molecule has 32 heavy (non-hydrogen) atoms. The monoisotopic (exact) mass is 447 g/mol. The van der Waals surface area contributed by atoms with Gasteiger partial charge in [0.1, 0.15) is 5.75 Å². The predicted molar refractivity (Wildman–Crippen MR) is 114 cm³/mol. The average molecular weight is 447 g/mol. The van der Waals surface area contributed by atoms with Gasteiger partial charge in [-0.2, -0.15) is 18.3 Å². The number of aromatic nitrogens is 3. The van der Waals surface area contributed by atoms with Crippen LogP contribution in [-0.4, -0.2) is 45.7 Å². The summed E-state index contributed by atoms with van der Waals surface area (Å²) >= 11 is 0. The second-order valence-corrected chi connectivity index (χ2v) is 8.08. The van der Waals surface area contributed by atoms with Gasteiger partial charge in [-0.15, -0.1) is 0 Å². The number of nitrogens with one attached hydrogen (secondary N) is 2. The topological polar surface area (TPSA) is 83.1 Å². The lowest BCUT2D eigenvalue weighted by molar-refractivity contribution is -0.136. The van der Waals surface area contributed by atoms with Crippen LogP contribution in [0.3, 0.4) is 0 Å². The van der Waals surface area contributed by atoms with Gasteiger partial charge in [-0.25, -0.2) is 4.98 Å². The third kappa shape index (κ3) is 4.09. The minimum atomic E-state index is -4.60. The van der Waals surface area contributed by atoms with E-state index in [0.29, 0.717) is 30.7 Å². The lowest BCUT2D eigenvalue weighted by Gasteiger charge is -2.25. The van der Waals surface area contributed by atoms with Crippen LogP contribution in [0.2, 0.25) is 0 Å². The fraction of sp³-hybridized carbons (Fsp3) is 0.409. The van der Waals surface area contributed by atoms with Crippen LogP contribution in [0.15, 0.2) is 30.3 Å². The highest BCUT2D eigenvalue weighted by molar-refractivity contribution is 5.95. The molecule has 7 nitrogen and oxygen atoms in total. The molecule has 1 saturated heterocycles. The number of fused-ring (bicyclic) bond motifs is 1. The van der Waals surface area contributed by atoms with Gasteiger partial charge < -0.3 is 15.0 Å². The third-order valence-electron chi connectivity index (χ3n) is 5.45. The number of rotatable bonds is 5. The SMILES string of the molecule is COc1cccc(C(=O)N2CCC[C@H]2c2cc(C(F)(F)F)c3c(NC(C)C)n[nH]c3n2)c1. The number of likely N-dealkylation sites (tertiary alicyclic amines) is 1. The van der Waals surface area contributed by atoms with Gasteiger partial charge in [0.05, 0.1) is 29.8 Å². The molecule has 170 valence electrons. The Morgan fingerprint density at radius 1 is 1.31 bits per heavy atom. The van der Waals surface area contributed by atoms with Crippen LogP contribution in [0.5, 0.6) is 5.75 Å². The van der Waals surface area contributed by atoms with E-state index < -0.39 is 17.8 Å². The molecule has 4 rings (SSSR count). The summed E-state index contributed by atoms with van der Waals surface area (Å²) in [6, 6.07) is 7.09. The molecule has 0 aliphatic carbocycles. The number of amides is 1. The Kier molecular flexibility index (Phi) is 5.70. The van der Waals surface area contributed by atoms with Crippen LogP contribution in [0.4, 0.5) is 19.0 Å². The van der Waals surface area contributed by atoms with Gasteiger partial charge in [0.15, 0.2) is 11.5 Å². The normalized spacial score (nSPS) is 16.7. The first-order valence-electron chi connectivity index (χ1n) is 10.4. The summed E-state index contributed by atoms with van der Waals surface area (Å²) in [5.74, 6) is 0.374. The Morgan fingerprint density at radius 3 is 2.78 bits per heavy atom. The van der Waals surface area contributed by atoms with Crippen molar-refractivity contribution in [2.24, 2.45) is 0 Å². The van der Waals surface area contributed by atoms with Crippen molar-refractivity contribution in [1.82, 2.24) is 20.1 Å². The molecule has 1 amide bonds. The van der Waals surface area contributed by atoms with E-state index in [1.807, 2.05) is 13.8 Å². The van der Waals surface area contributed by atoms with Crippen molar-refractivity contribution in [2.75, 3.05) is 19.0 Å². The van der Waals surface area contributed by atoms with Crippen molar-refractivity contribution in [1.29, 1.82) is 0 Å². The number of halogens is 3. The quantitative estimate of drug-likeness (QED) is 0.588. The Morgan fingerprint density at radius 2 is 2.09 bits per heavy atom. The zero-order valence-electron chi connectivity index (χ0n) is 18.0. The molecule has 0 spiro atoms. The van der Waals surface area contributed by atoms with Crippen LogP contribution >= 0.6 is 0 Å². The number of carbonyl (C=O) groups excluding carboxylic acids is 1. The molecule has 0 bridgehead atoms. The average Bonchev–Trinajstić information content (AvgIpc) is 3.39. The maximum atomic E-state index is 14.0. The number of carbonyl (C=O) groups is 1. The van der Waals surface area contributed by atoms with E-state index in [4.69, 9.17) is 4.74 Å². The highest BCUT2D eigenvalue weighted by Crippen LogP contribution is 2.41. The molecule has 3 heterocycles. The van der Waals surface area contributed by atoms with E-state index in [1.165, 1.54) is 7.11 Å². The van der Waals surface area contributed by atoms with Gasteiger partial charge >= 0.3 is 6.18 Å². The van der Waals surface area contributed by atoms with E-state index in [-0.39, 0.29) is 34.5 Å². The molecule has 1 atom stereocenters. The van der Waals surface area contributed by atoms with Crippen LogP contribution in [0, 0.1) is 0 Å². The minimum Gasteiger partial charge on any atom is -0.497 e. The summed E-state index contributed by atoms with van der Waals surface area (Å²) < 4.78 is 47.2. The molecule has 0 unspecified atom stereocenters. The van der Waals surface area contributed by atoms with Gasteiger partial charge in [0.2, 0.25) is 0 Å². The number of methoxy groups -OCH3 is 1. The van der Waals surface area contributed by atoms with Crippen LogP contribution in [0.1, 0.15) is 54.3 Å². The highest BCUT2D eigenvalue weighted by Gasteiger charge is 2.38. The van der Waals surface area contributed by atoms with Gasteiger partial charge in [-0.05, 0) is 51.0 Å². The molecule has 0 radical (unpaired) electrons. The fourth-order valence-electron chi connectivity index (χ4n) is 4.06. The molecule has 2 aromatic heterocycles.